The summed E-state index contributed by atoms with van der Waals surface area (Å²) >= 11 is 0. The molecule has 2 atom stereocenters. The fourth-order valence-corrected chi connectivity index (χ4v) is 3.20. The average Bonchev–Trinajstić information content (AvgIpc) is 2.53. The smallest absolute Gasteiger partial charge is 0.154 e. The molecular weight excluding hydrogens is 168 g/mol. The van der Waals surface area contributed by atoms with Gasteiger partial charge in [0.25, 0.3) is 0 Å². The molecule has 0 aromatic rings. The Labute approximate surface area is 67.3 Å². The van der Waals surface area contributed by atoms with Gasteiger partial charge >= 0.3 is 0 Å². The van der Waals surface area contributed by atoms with Crippen LogP contribution >= 0.6 is 10.8 Å². The number of hydrogen-bond acceptors (Lipinski definition) is 1. The molecule has 64 valence electrons. The zero-order valence-electron chi connectivity index (χ0n) is 6.60. The third-order valence-corrected chi connectivity index (χ3v) is 4.61. The van der Waals surface area contributed by atoms with Crippen molar-refractivity contribution < 1.29 is 7.77 Å². The molecule has 0 bridgehead atoms. The summed E-state index contributed by atoms with van der Waals surface area (Å²) in [6.07, 6.45) is 0.663. The van der Waals surface area contributed by atoms with Gasteiger partial charge < -0.3 is 0 Å². The minimum absolute atomic E-state index is 0.155. The molecule has 1 aliphatic heterocycles. The highest BCUT2D eigenvalue weighted by molar-refractivity contribution is 8.33. The van der Waals surface area contributed by atoms with Gasteiger partial charge in [-0.3, -0.25) is 0 Å². The van der Waals surface area contributed by atoms with Crippen LogP contribution in [-0.2, 0) is 0 Å². The Morgan fingerprint density at radius 3 is 2.27 bits per heavy atom. The second kappa shape index (κ2) is 2.34. The van der Waals surface area contributed by atoms with Gasteiger partial charge in [-0.1, -0.05) is 20.3 Å². The molecular formula is C7H11F2NS. The molecule has 0 radical (unpaired) electrons. The van der Waals surface area contributed by atoms with Gasteiger partial charge in [-0.15, -0.1) is 0 Å². The molecule has 0 aliphatic carbocycles. The highest BCUT2D eigenvalue weighted by Crippen LogP contribution is 2.81. The Hall–Kier alpha value is -0.300. The Bertz CT molecular complexity index is 211. The molecule has 11 heavy (non-hydrogen) atoms. The van der Waals surface area contributed by atoms with E-state index < -0.39 is 15.5 Å². The monoisotopic (exact) mass is 179 g/mol. The molecule has 2 unspecified atom stereocenters. The van der Waals surface area contributed by atoms with Crippen molar-refractivity contribution in [3.63, 3.8) is 0 Å². The number of nitrogens with zero attached hydrogens (tertiary/aromatic N) is 1. The number of hydrogen-bond donors (Lipinski definition) is 0. The lowest BCUT2D eigenvalue weighted by atomic mass is 9.95. The molecule has 1 rings (SSSR count). The van der Waals surface area contributed by atoms with E-state index in [-0.39, 0.29) is 11.7 Å². The molecule has 0 N–H and O–H groups in total. The lowest BCUT2D eigenvalue weighted by Crippen LogP contribution is -2.18. The van der Waals surface area contributed by atoms with E-state index in [2.05, 4.69) is 0 Å². The van der Waals surface area contributed by atoms with E-state index >= 15 is 0 Å². The lowest BCUT2D eigenvalue weighted by molar-refractivity contribution is 0.517. The van der Waals surface area contributed by atoms with E-state index in [1.54, 1.807) is 13.0 Å². The first-order valence-corrected chi connectivity index (χ1v) is 5.21. The molecule has 1 nitrogen and oxygen atoms in total. The van der Waals surface area contributed by atoms with Crippen molar-refractivity contribution in [1.29, 1.82) is 5.26 Å². The second-order valence-corrected chi connectivity index (χ2v) is 5.20. The molecule has 1 aliphatic rings. The predicted octanol–water partition coefficient (Wildman–Crippen LogP) is 2.88. The van der Waals surface area contributed by atoms with Gasteiger partial charge in [0.15, 0.2) is 4.75 Å². The summed E-state index contributed by atoms with van der Waals surface area (Å²) in [4.78, 5) is 0. The van der Waals surface area contributed by atoms with Crippen LogP contribution in [0.4, 0.5) is 7.77 Å². The third kappa shape index (κ3) is 1.02. The molecule has 0 spiro atoms. The van der Waals surface area contributed by atoms with Crippen molar-refractivity contribution >= 4 is 10.8 Å². The maximum atomic E-state index is 12.8. The third-order valence-electron chi connectivity index (χ3n) is 2.44. The predicted molar refractivity (Wildman–Crippen MR) is 42.5 cm³/mol. The van der Waals surface area contributed by atoms with Crippen LogP contribution in [-0.4, -0.2) is 10.5 Å². The molecule has 1 heterocycles. The Morgan fingerprint density at radius 2 is 2.18 bits per heavy atom. The summed E-state index contributed by atoms with van der Waals surface area (Å²) in [6, 6.07) is 1.78. The van der Waals surface area contributed by atoms with Crippen LogP contribution in [0.3, 0.4) is 0 Å². The maximum absolute atomic E-state index is 12.8. The molecule has 1 saturated heterocycles. The van der Waals surface area contributed by atoms with Crippen LogP contribution in [0.2, 0.25) is 0 Å². The van der Waals surface area contributed by atoms with Crippen molar-refractivity contribution in [2.24, 2.45) is 5.92 Å². The molecule has 1 fully saturated rings. The van der Waals surface area contributed by atoms with Crippen LogP contribution in [0, 0.1) is 17.2 Å². The topological polar surface area (TPSA) is 23.8 Å². The Kier molecular flexibility index (Phi) is 1.87. The van der Waals surface area contributed by atoms with E-state index in [4.69, 9.17) is 5.26 Å². The first kappa shape index (κ1) is 8.79. The first-order chi connectivity index (χ1) is 5.00. The summed E-state index contributed by atoms with van der Waals surface area (Å²) in [5.74, 6) is -0.316. The minimum atomic E-state index is -3.54. The van der Waals surface area contributed by atoms with Gasteiger partial charge in [0.05, 0.1) is 22.6 Å². The Balaban J connectivity index is 2.77. The SMILES string of the molecule is CCC(C)C1(C#N)CS1(F)F. The fraction of sp³-hybridized carbons (Fsp3) is 0.857. The standard InChI is InChI=1S/C7H11F2NS/c1-3-6(2)7(4-10)5-11(7,8)9/h6H,3,5H2,1-2H3. The van der Waals surface area contributed by atoms with Crippen LogP contribution < -0.4 is 0 Å². The van der Waals surface area contributed by atoms with Gasteiger partial charge in [0.2, 0.25) is 0 Å². The van der Waals surface area contributed by atoms with E-state index in [9.17, 15) is 7.77 Å². The first-order valence-electron chi connectivity index (χ1n) is 3.61. The highest BCUT2D eigenvalue weighted by atomic mass is 32.3. The molecule has 4 heteroatoms. The molecule has 0 saturated carbocycles. The summed E-state index contributed by atoms with van der Waals surface area (Å²) < 4.78 is 24.3. The van der Waals surface area contributed by atoms with Gasteiger partial charge in [-0.25, -0.2) is 0 Å². The van der Waals surface area contributed by atoms with E-state index in [0.717, 1.165) is 0 Å². The number of halogens is 2. The minimum Gasteiger partial charge on any atom is -0.197 e. The number of rotatable bonds is 2. The van der Waals surface area contributed by atoms with Crippen molar-refractivity contribution in [3.8, 4) is 6.07 Å². The van der Waals surface area contributed by atoms with Gasteiger partial charge in [0, 0.05) is 0 Å². The largest absolute Gasteiger partial charge is 0.197 e. The summed E-state index contributed by atoms with van der Waals surface area (Å²) in [6.45, 7) is 3.58. The lowest BCUT2D eigenvalue weighted by Gasteiger charge is -2.14. The quantitative estimate of drug-likeness (QED) is 0.598. The van der Waals surface area contributed by atoms with Crippen LogP contribution in [0.1, 0.15) is 20.3 Å². The van der Waals surface area contributed by atoms with Crippen LogP contribution in [0.5, 0.6) is 0 Å². The molecule has 0 aromatic heterocycles. The highest BCUT2D eigenvalue weighted by Gasteiger charge is 2.70. The Morgan fingerprint density at radius 1 is 1.73 bits per heavy atom. The van der Waals surface area contributed by atoms with E-state index in [1.807, 2.05) is 6.92 Å². The molecule has 0 aromatic carbocycles. The van der Waals surface area contributed by atoms with Crippen LogP contribution in [0.15, 0.2) is 0 Å². The summed E-state index contributed by atoms with van der Waals surface area (Å²) in [7, 11) is -3.54. The van der Waals surface area contributed by atoms with Crippen molar-refractivity contribution in [1.82, 2.24) is 0 Å². The fourth-order valence-electron chi connectivity index (χ4n) is 1.22. The van der Waals surface area contributed by atoms with Crippen molar-refractivity contribution in [2.75, 3.05) is 5.75 Å². The van der Waals surface area contributed by atoms with E-state index in [1.165, 1.54) is 0 Å². The zero-order chi connectivity index (χ0) is 8.70. The van der Waals surface area contributed by atoms with Crippen molar-refractivity contribution in [3.05, 3.63) is 0 Å². The normalized spacial score (nSPS) is 38.8. The van der Waals surface area contributed by atoms with Gasteiger partial charge in [0.1, 0.15) is 0 Å². The second-order valence-electron chi connectivity index (χ2n) is 3.03. The summed E-state index contributed by atoms with van der Waals surface area (Å²) in [5, 5.41) is 8.58. The van der Waals surface area contributed by atoms with Gasteiger partial charge in [-0.05, 0) is 5.92 Å². The van der Waals surface area contributed by atoms with Gasteiger partial charge in [-0.2, -0.15) is 13.0 Å². The molecule has 0 amide bonds. The van der Waals surface area contributed by atoms with E-state index in [0.29, 0.717) is 6.42 Å². The number of nitriles is 1. The summed E-state index contributed by atoms with van der Waals surface area (Å²) in [5.41, 5.74) is 0. The average molecular weight is 179 g/mol. The zero-order valence-corrected chi connectivity index (χ0v) is 7.42. The van der Waals surface area contributed by atoms with Crippen molar-refractivity contribution in [2.45, 2.75) is 25.0 Å². The van der Waals surface area contributed by atoms with Crippen LogP contribution in [0.25, 0.3) is 0 Å². The maximum Gasteiger partial charge on any atom is 0.154 e.